The molecule has 11 nitrogen and oxygen atoms in total. The van der Waals surface area contributed by atoms with Crippen LogP contribution in [0, 0.1) is 34.4 Å². The molecule has 5 aliphatic carbocycles. The van der Waals surface area contributed by atoms with E-state index in [9.17, 15) is 29.4 Å². The van der Waals surface area contributed by atoms with Crippen LogP contribution in [0.4, 0.5) is 14.5 Å². The molecule has 9 atom stereocenters. The summed E-state index contributed by atoms with van der Waals surface area (Å²) in [7, 11) is 1.43. The van der Waals surface area contributed by atoms with Gasteiger partial charge in [0.25, 0.3) is 0 Å². The van der Waals surface area contributed by atoms with E-state index in [1.54, 1.807) is 31.4 Å². The molecule has 8 rings (SSSR count). The molecule has 0 spiro atoms. The second kappa shape index (κ2) is 12.5. The number of esters is 1. The van der Waals surface area contributed by atoms with Crippen molar-refractivity contribution in [1.29, 1.82) is 0 Å². The lowest BCUT2D eigenvalue weighted by Crippen LogP contribution is -2.69. The number of aromatic nitrogens is 1. The number of rotatable bonds is 7. The standard InChI is InChI=1S/C41H49F2N3O8/c1-21-14-29-28-9-6-23-15-25(47)10-11-38(23,3)40(28,43)31(48)17-39(29,4)41(21,52)32(49)20-54-37(51)27-19-46(24-7-8-24)33-26(35(27)50)16-30(42)34(36(33)53-5)45-13-12-44-22(2)18-45/h10-11,15-16,19,21-22,24,28-29,31,44,48,52H,6-9,12-14,17-18,20H2,1-5H3/t21-,22?,28+,29+,31+,38+,39+,40+,41+/m0/s1. The molecule has 0 amide bonds. The molecule has 290 valence electrons. The number of aliphatic hydroxyl groups excluding tert-OH is 1. The van der Waals surface area contributed by atoms with E-state index in [4.69, 9.17) is 9.47 Å². The Morgan fingerprint density at radius 1 is 1.13 bits per heavy atom. The van der Waals surface area contributed by atoms with Gasteiger partial charge >= 0.3 is 5.97 Å². The summed E-state index contributed by atoms with van der Waals surface area (Å²) in [6.45, 7) is 7.96. The fraction of sp³-hybridized carbons (Fsp3) is 0.610. The van der Waals surface area contributed by atoms with Gasteiger partial charge < -0.3 is 34.5 Å². The SMILES string of the molecule is COc1c(N2CCNC(C)C2)c(F)cc2c(=O)c(C(=O)OCC(=O)[C@]3(O)[C@@H](C)C[C@@H]4[C@H]5CCC6=CC(=O)C=C[C@@]6(C)[C@]5(F)[C@H](O)C[C@]43C)cn(C3CC3)c12. The van der Waals surface area contributed by atoms with Gasteiger partial charge in [-0.25, -0.2) is 13.6 Å². The Bertz CT molecular complexity index is 2100. The zero-order valence-corrected chi connectivity index (χ0v) is 31.4. The van der Waals surface area contributed by atoms with Crippen molar-refractivity contribution in [1.82, 2.24) is 9.88 Å². The van der Waals surface area contributed by atoms with Gasteiger partial charge in [-0.2, -0.15) is 0 Å². The fourth-order valence-electron chi connectivity index (χ4n) is 11.3. The quantitative estimate of drug-likeness (QED) is 0.349. The highest BCUT2D eigenvalue weighted by atomic mass is 19.1. The summed E-state index contributed by atoms with van der Waals surface area (Å²) in [6, 6.07) is 1.18. The van der Waals surface area contributed by atoms with Gasteiger partial charge in [0.15, 0.2) is 29.6 Å². The van der Waals surface area contributed by atoms with E-state index in [0.29, 0.717) is 50.0 Å². The molecule has 1 aliphatic heterocycles. The lowest BCUT2D eigenvalue weighted by molar-refractivity contribution is -0.219. The van der Waals surface area contributed by atoms with Crippen LogP contribution in [0.2, 0.25) is 0 Å². The van der Waals surface area contributed by atoms with Gasteiger partial charge in [0.05, 0.1) is 24.1 Å². The van der Waals surface area contributed by atoms with Gasteiger partial charge in [-0.05, 0) is 82.4 Å². The number of benzene rings is 1. The lowest BCUT2D eigenvalue weighted by atomic mass is 9.44. The number of carbonyl (C=O) groups is 3. The summed E-state index contributed by atoms with van der Waals surface area (Å²) in [6.07, 6.45) is 6.57. The smallest absolute Gasteiger partial charge is 0.344 e. The minimum Gasteiger partial charge on any atom is -0.492 e. The van der Waals surface area contributed by atoms with Crippen LogP contribution in [0.25, 0.3) is 10.9 Å². The third-order valence-corrected chi connectivity index (χ3v) is 14.2. The number of hydrogen-bond donors (Lipinski definition) is 3. The van der Waals surface area contributed by atoms with Crippen molar-refractivity contribution in [3.63, 3.8) is 0 Å². The Morgan fingerprint density at radius 3 is 2.56 bits per heavy atom. The van der Waals surface area contributed by atoms with Crippen molar-refractivity contribution in [2.24, 2.45) is 28.6 Å². The first-order valence-electron chi connectivity index (χ1n) is 19.2. The monoisotopic (exact) mass is 749 g/mol. The Morgan fingerprint density at radius 2 is 1.87 bits per heavy atom. The number of ketones is 2. The average Bonchev–Trinajstić information content (AvgIpc) is 3.95. The molecule has 1 aromatic heterocycles. The molecule has 6 aliphatic rings. The zero-order valence-electron chi connectivity index (χ0n) is 31.4. The molecule has 0 bridgehead atoms. The lowest BCUT2D eigenvalue weighted by Gasteiger charge is -2.62. The van der Waals surface area contributed by atoms with Gasteiger partial charge in [-0.1, -0.05) is 25.5 Å². The average molecular weight is 750 g/mol. The molecule has 0 radical (unpaired) electrons. The summed E-state index contributed by atoms with van der Waals surface area (Å²) in [5.41, 5.74) is -6.60. The maximum Gasteiger partial charge on any atom is 0.344 e. The van der Waals surface area contributed by atoms with Crippen LogP contribution >= 0.6 is 0 Å². The number of nitrogens with zero attached hydrogens (tertiary/aromatic N) is 2. The largest absolute Gasteiger partial charge is 0.492 e. The number of halogens is 2. The van der Waals surface area contributed by atoms with Crippen LogP contribution < -0.4 is 20.4 Å². The van der Waals surface area contributed by atoms with E-state index < -0.39 is 75.6 Å². The minimum absolute atomic E-state index is 0.0513. The topological polar surface area (TPSA) is 147 Å². The van der Waals surface area contributed by atoms with Crippen molar-refractivity contribution in [3.05, 3.63) is 57.7 Å². The minimum atomic E-state index is -2.14. The van der Waals surface area contributed by atoms with Gasteiger partial charge in [0, 0.05) is 54.7 Å². The number of nitrogens with one attached hydrogen (secondary N) is 1. The molecule has 5 fully saturated rings. The number of methoxy groups -OCH3 is 1. The number of piperazine rings is 1. The van der Waals surface area contributed by atoms with E-state index in [0.717, 1.165) is 18.9 Å². The van der Waals surface area contributed by atoms with Crippen molar-refractivity contribution in [2.45, 2.75) is 95.7 Å². The molecule has 54 heavy (non-hydrogen) atoms. The van der Waals surface area contributed by atoms with E-state index in [2.05, 4.69) is 5.32 Å². The van der Waals surface area contributed by atoms with Crippen LogP contribution in [0.3, 0.4) is 0 Å². The van der Waals surface area contributed by atoms with Crippen LogP contribution in [0.5, 0.6) is 5.75 Å². The van der Waals surface area contributed by atoms with Crippen LogP contribution in [0.15, 0.2) is 40.9 Å². The van der Waals surface area contributed by atoms with Crippen LogP contribution in [-0.4, -0.2) is 89.1 Å². The van der Waals surface area contributed by atoms with Crippen molar-refractivity contribution >= 4 is 34.1 Å². The van der Waals surface area contributed by atoms with Gasteiger partial charge in [-0.3, -0.25) is 14.4 Å². The number of hydrogen-bond acceptors (Lipinski definition) is 10. The predicted molar refractivity (Wildman–Crippen MR) is 196 cm³/mol. The number of pyridine rings is 1. The highest BCUT2D eigenvalue weighted by Crippen LogP contribution is 2.70. The van der Waals surface area contributed by atoms with E-state index in [-0.39, 0.29) is 46.7 Å². The predicted octanol–water partition coefficient (Wildman–Crippen LogP) is 4.36. The third kappa shape index (κ3) is 4.99. The Balaban J connectivity index is 1.08. The second-order valence-electron chi connectivity index (χ2n) is 17.1. The maximum absolute atomic E-state index is 17.6. The third-order valence-electron chi connectivity index (χ3n) is 14.2. The Labute approximate surface area is 312 Å². The number of aliphatic hydroxyl groups is 2. The van der Waals surface area contributed by atoms with Crippen molar-refractivity contribution < 1.29 is 42.9 Å². The van der Waals surface area contributed by atoms with Gasteiger partial charge in [-0.15, -0.1) is 0 Å². The maximum atomic E-state index is 17.6. The molecule has 2 aromatic rings. The molecule has 1 aromatic carbocycles. The van der Waals surface area contributed by atoms with Crippen molar-refractivity contribution in [2.75, 3.05) is 38.3 Å². The fourth-order valence-corrected chi connectivity index (χ4v) is 11.3. The zero-order chi connectivity index (χ0) is 38.7. The molecular weight excluding hydrogens is 700 g/mol. The first kappa shape index (κ1) is 37.0. The number of allylic oxidation sites excluding steroid dienone is 4. The molecule has 13 heteroatoms. The summed E-state index contributed by atoms with van der Waals surface area (Å²) in [5, 5.41) is 27.3. The molecule has 4 saturated carbocycles. The van der Waals surface area contributed by atoms with Gasteiger partial charge in [0.1, 0.15) is 16.9 Å². The molecule has 2 heterocycles. The second-order valence-corrected chi connectivity index (χ2v) is 17.1. The first-order valence-corrected chi connectivity index (χ1v) is 19.2. The van der Waals surface area contributed by atoms with Crippen LogP contribution in [0.1, 0.15) is 82.6 Å². The van der Waals surface area contributed by atoms with E-state index in [1.165, 1.54) is 25.5 Å². The summed E-state index contributed by atoms with van der Waals surface area (Å²) in [4.78, 5) is 55.9. The Kier molecular flexibility index (Phi) is 8.59. The number of carbonyl (C=O) groups excluding carboxylic acids is 3. The Hall–Kier alpha value is -3.94. The van der Waals surface area contributed by atoms with Gasteiger partial charge in [0.2, 0.25) is 11.2 Å². The highest BCUT2D eigenvalue weighted by Gasteiger charge is 2.75. The van der Waals surface area contributed by atoms with Crippen molar-refractivity contribution in [3.8, 4) is 5.75 Å². The number of fused-ring (bicyclic) bond motifs is 6. The van der Waals surface area contributed by atoms with Crippen LogP contribution in [-0.2, 0) is 14.3 Å². The molecular formula is C41H49F2N3O8. The van der Waals surface area contributed by atoms with E-state index >= 15 is 8.78 Å². The first-order chi connectivity index (χ1) is 25.5. The number of ether oxygens (including phenoxy) is 2. The number of anilines is 1. The van der Waals surface area contributed by atoms with E-state index in [1.807, 2.05) is 11.8 Å². The molecule has 1 saturated heterocycles. The number of Topliss-reactive ketones (excluding diaryl/α,β-unsaturated/α-hetero) is 1. The summed E-state index contributed by atoms with van der Waals surface area (Å²) < 4.78 is 46.6. The molecule has 3 N–H and O–H groups in total. The normalized spacial score (nSPS) is 37.4. The highest BCUT2D eigenvalue weighted by molar-refractivity contribution is 6.01. The molecule has 1 unspecified atom stereocenters. The summed E-state index contributed by atoms with van der Waals surface area (Å²) >= 11 is 0. The summed E-state index contributed by atoms with van der Waals surface area (Å²) in [5.74, 6) is -4.46. The number of alkyl halides is 1.